The summed E-state index contributed by atoms with van der Waals surface area (Å²) < 4.78 is 45.8. The van der Waals surface area contributed by atoms with E-state index in [1.54, 1.807) is 18.2 Å². The number of fused-ring (bicyclic) bond motifs is 1. The molecule has 7 heteroatoms. The molecule has 1 aliphatic heterocycles. The molecular weight excluding hydrogens is 283 g/mol. The third-order valence-electron chi connectivity index (χ3n) is 2.59. The molecule has 3 nitrogen and oxygen atoms in total. The number of hydrogen-bond donors (Lipinski definition) is 1. The molecule has 0 aromatic heterocycles. The molecule has 0 unspecified atom stereocenters. The zero-order chi connectivity index (χ0) is 13.2. The lowest BCUT2D eigenvalue weighted by atomic mass is 10.0. The first-order valence-electron chi connectivity index (χ1n) is 5.59. The predicted octanol–water partition coefficient (Wildman–Crippen LogP) is 2.45. The quantitative estimate of drug-likeness (QED) is 0.932. The van der Waals surface area contributed by atoms with E-state index in [0.717, 1.165) is 11.3 Å². The van der Waals surface area contributed by atoms with Crippen molar-refractivity contribution < 1.29 is 22.6 Å². The first-order valence-corrected chi connectivity index (χ1v) is 5.59. The largest absolute Gasteiger partial charge is 0.492 e. The van der Waals surface area contributed by atoms with Gasteiger partial charge in [-0.3, -0.25) is 0 Å². The van der Waals surface area contributed by atoms with Gasteiger partial charge in [-0.15, -0.1) is 12.4 Å². The fourth-order valence-corrected chi connectivity index (χ4v) is 1.85. The molecule has 0 fully saturated rings. The average molecular weight is 298 g/mol. The van der Waals surface area contributed by atoms with Gasteiger partial charge in [-0.25, -0.2) is 0 Å². The van der Waals surface area contributed by atoms with Crippen LogP contribution in [0.1, 0.15) is 11.1 Å². The topological polar surface area (TPSA) is 44.5 Å². The molecule has 0 spiro atoms. The minimum atomic E-state index is -4.29. The van der Waals surface area contributed by atoms with E-state index >= 15 is 0 Å². The summed E-state index contributed by atoms with van der Waals surface area (Å²) in [5, 5.41) is 0. The number of rotatable bonds is 3. The Bertz CT molecular complexity index is 426. The van der Waals surface area contributed by atoms with Crippen LogP contribution in [0.4, 0.5) is 13.2 Å². The smallest absolute Gasteiger partial charge is 0.411 e. The van der Waals surface area contributed by atoms with Gasteiger partial charge < -0.3 is 15.2 Å². The molecule has 1 aromatic carbocycles. The summed E-state index contributed by atoms with van der Waals surface area (Å²) in [5.74, 6) is 0.747. The first-order chi connectivity index (χ1) is 8.44. The van der Waals surface area contributed by atoms with Crippen LogP contribution in [0.25, 0.3) is 0 Å². The van der Waals surface area contributed by atoms with Gasteiger partial charge >= 0.3 is 6.18 Å². The lowest BCUT2D eigenvalue weighted by molar-refractivity contribution is -0.176. The maximum atomic E-state index is 11.9. The van der Waals surface area contributed by atoms with Crippen LogP contribution in [-0.4, -0.2) is 25.4 Å². The molecule has 2 N–H and O–H groups in total. The van der Waals surface area contributed by atoms with Crippen LogP contribution in [0.5, 0.6) is 5.75 Å². The van der Waals surface area contributed by atoms with E-state index in [9.17, 15) is 13.2 Å². The third kappa shape index (κ3) is 4.89. The van der Waals surface area contributed by atoms with Crippen LogP contribution in [-0.2, 0) is 17.8 Å². The molecule has 0 radical (unpaired) electrons. The Hall–Kier alpha value is -0.980. The van der Waals surface area contributed by atoms with Crippen LogP contribution in [0.3, 0.4) is 0 Å². The van der Waals surface area contributed by atoms with Crippen molar-refractivity contribution in [3.63, 3.8) is 0 Å². The second-order valence-corrected chi connectivity index (χ2v) is 4.33. The molecular formula is C12H15ClF3NO2. The van der Waals surface area contributed by atoms with Crippen molar-refractivity contribution in [2.24, 2.45) is 5.73 Å². The van der Waals surface area contributed by atoms with Gasteiger partial charge in [-0.2, -0.15) is 13.2 Å². The summed E-state index contributed by atoms with van der Waals surface area (Å²) >= 11 is 0. The van der Waals surface area contributed by atoms with E-state index in [1.807, 2.05) is 0 Å². The summed E-state index contributed by atoms with van der Waals surface area (Å²) in [6.07, 6.45) is -3.62. The molecule has 1 heterocycles. The molecule has 0 amide bonds. The summed E-state index contributed by atoms with van der Waals surface area (Å²) in [7, 11) is 0. The van der Waals surface area contributed by atoms with Gasteiger partial charge in [0.1, 0.15) is 19.0 Å². The number of ether oxygens (including phenoxy) is 2. The van der Waals surface area contributed by atoms with Crippen LogP contribution < -0.4 is 10.5 Å². The molecule has 0 saturated carbocycles. The highest BCUT2D eigenvalue weighted by Crippen LogP contribution is 2.25. The Morgan fingerprint density at radius 3 is 2.79 bits per heavy atom. The number of benzene rings is 1. The minimum Gasteiger partial charge on any atom is -0.492 e. The monoisotopic (exact) mass is 297 g/mol. The zero-order valence-corrected chi connectivity index (χ0v) is 10.9. The van der Waals surface area contributed by atoms with Gasteiger partial charge in [0.25, 0.3) is 0 Å². The highest BCUT2D eigenvalue weighted by atomic mass is 35.5. The lowest BCUT2D eigenvalue weighted by Gasteiger charge is -2.22. The van der Waals surface area contributed by atoms with E-state index in [-0.39, 0.29) is 25.1 Å². The van der Waals surface area contributed by atoms with Crippen molar-refractivity contribution in [1.29, 1.82) is 0 Å². The molecule has 108 valence electrons. The molecule has 2 rings (SSSR count). The SMILES string of the molecule is Cl.N[C@H]1COc2ccc(COCC(F)(F)F)cc2C1. The van der Waals surface area contributed by atoms with Crippen LogP contribution in [0.2, 0.25) is 0 Å². The van der Waals surface area contributed by atoms with Crippen molar-refractivity contribution >= 4 is 12.4 Å². The Kier molecular flexibility index (Phi) is 5.46. The summed E-state index contributed by atoms with van der Waals surface area (Å²) in [5.41, 5.74) is 7.36. The van der Waals surface area contributed by atoms with E-state index in [2.05, 4.69) is 4.74 Å². The number of nitrogens with two attached hydrogens (primary N) is 1. The Morgan fingerprint density at radius 1 is 1.37 bits per heavy atom. The number of halogens is 4. The van der Waals surface area contributed by atoms with E-state index in [0.29, 0.717) is 18.6 Å². The Labute approximate surface area is 115 Å². The highest BCUT2D eigenvalue weighted by molar-refractivity contribution is 5.85. The van der Waals surface area contributed by atoms with Crippen molar-refractivity contribution in [3.05, 3.63) is 29.3 Å². The second-order valence-electron chi connectivity index (χ2n) is 4.33. The summed E-state index contributed by atoms with van der Waals surface area (Å²) in [6.45, 7) is -0.834. The number of alkyl halides is 3. The van der Waals surface area contributed by atoms with Gasteiger partial charge in [0.15, 0.2) is 0 Å². The third-order valence-corrected chi connectivity index (χ3v) is 2.59. The van der Waals surface area contributed by atoms with Crippen LogP contribution >= 0.6 is 12.4 Å². The molecule has 19 heavy (non-hydrogen) atoms. The fourth-order valence-electron chi connectivity index (χ4n) is 1.85. The van der Waals surface area contributed by atoms with Crippen molar-refractivity contribution in [2.45, 2.75) is 25.2 Å². The van der Waals surface area contributed by atoms with E-state index in [4.69, 9.17) is 10.5 Å². The predicted molar refractivity (Wildman–Crippen MR) is 66.6 cm³/mol. The molecule has 0 saturated heterocycles. The summed E-state index contributed by atoms with van der Waals surface area (Å²) in [4.78, 5) is 0. The van der Waals surface area contributed by atoms with E-state index in [1.165, 1.54) is 0 Å². The van der Waals surface area contributed by atoms with Gasteiger partial charge in [-0.1, -0.05) is 6.07 Å². The summed E-state index contributed by atoms with van der Waals surface area (Å²) in [6, 6.07) is 5.16. The highest BCUT2D eigenvalue weighted by Gasteiger charge is 2.27. The molecule has 1 aliphatic rings. The van der Waals surface area contributed by atoms with Crippen molar-refractivity contribution in [2.75, 3.05) is 13.2 Å². The molecule has 0 bridgehead atoms. The maximum absolute atomic E-state index is 11.9. The normalized spacial score (nSPS) is 18.2. The maximum Gasteiger partial charge on any atom is 0.411 e. The van der Waals surface area contributed by atoms with Crippen molar-refractivity contribution in [3.8, 4) is 5.75 Å². The second kappa shape index (κ2) is 6.45. The number of hydrogen-bond acceptors (Lipinski definition) is 3. The van der Waals surface area contributed by atoms with E-state index < -0.39 is 12.8 Å². The van der Waals surface area contributed by atoms with Crippen LogP contribution in [0, 0.1) is 0 Å². The first kappa shape index (κ1) is 16.1. The lowest BCUT2D eigenvalue weighted by Crippen LogP contribution is -2.33. The van der Waals surface area contributed by atoms with Crippen LogP contribution in [0.15, 0.2) is 18.2 Å². The average Bonchev–Trinajstić information content (AvgIpc) is 2.26. The van der Waals surface area contributed by atoms with Gasteiger partial charge in [0.05, 0.1) is 6.61 Å². The Morgan fingerprint density at radius 2 is 2.11 bits per heavy atom. The molecule has 0 aliphatic carbocycles. The Balaban J connectivity index is 0.00000180. The molecule has 1 atom stereocenters. The van der Waals surface area contributed by atoms with Crippen molar-refractivity contribution in [1.82, 2.24) is 0 Å². The van der Waals surface area contributed by atoms with Gasteiger partial charge in [0, 0.05) is 6.04 Å². The molecule has 1 aromatic rings. The minimum absolute atomic E-state index is 0. The zero-order valence-electron chi connectivity index (χ0n) is 10.1. The standard InChI is InChI=1S/C12H14F3NO2.ClH/c13-12(14,15)7-17-5-8-1-2-11-9(3-8)4-10(16)6-18-11;/h1-3,10H,4-7,16H2;1H/t10-;/m1./s1. The van der Waals surface area contributed by atoms with Gasteiger partial charge in [0.2, 0.25) is 0 Å². The fraction of sp³-hybridized carbons (Fsp3) is 0.500. The van der Waals surface area contributed by atoms with Gasteiger partial charge in [-0.05, 0) is 29.7 Å².